The third-order valence-electron chi connectivity index (χ3n) is 6.91. The molecule has 2 rings (SSSR count). The van der Waals surface area contributed by atoms with E-state index in [4.69, 9.17) is 5.73 Å². The Kier molecular flexibility index (Phi) is 12.4. The van der Waals surface area contributed by atoms with Crippen LogP contribution in [-0.2, 0) is 28.8 Å². The Bertz CT molecular complexity index is 950. The Morgan fingerprint density at radius 1 is 0.821 bits per heavy atom. The van der Waals surface area contributed by atoms with E-state index in [9.17, 15) is 33.9 Å². The molecule has 220 valence electrons. The third kappa shape index (κ3) is 8.24. The average molecular weight is 589 g/mol. The first kappa shape index (κ1) is 32.7. The van der Waals surface area contributed by atoms with E-state index in [-0.39, 0.29) is 29.9 Å². The van der Waals surface area contributed by atoms with Gasteiger partial charge in [0.25, 0.3) is 0 Å². The number of hydrogen-bond donors (Lipinski definition) is 7. The maximum absolute atomic E-state index is 13.1. The van der Waals surface area contributed by atoms with Gasteiger partial charge in [-0.25, -0.2) is 4.79 Å². The molecular formula is C24H40N6O7S2. The minimum Gasteiger partial charge on any atom is -0.480 e. The van der Waals surface area contributed by atoms with Crippen molar-refractivity contribution >= 4 is 60.8 Å². The van der Waals surface area contributed by atoms with Crippen molar-refractivity contribution in [3.8, 4) is 0 Å². The van der Waals surface area contributed by atoms with Crippen LogP contribution < -0.4 is 21.7 Å². The lowest BCUT2D eigenvalue weighted by atomic mass is 10.0. The summed E-state index contributed by atoms with van der Waals surface area (Å²) in [6.07, 6.45) is 1.93. The molecule has 6 atom stereocenters. The number of hydrogen-bond acceptors (Lipinski definition) is 9. The summed E-state index contributed by atoms with van der Waals surface area (Å²) >= 11 is 8.33. The zero-order valence-electron chi connectivity index (χ0n) is 22.5. The number of nitrogens with one attached hydrogen (secondary N) is 3. The number of amides is 5. The second-order valence-corrected chi connectivity index (χ2v) is 11.0. The molecule has 0 bridgehead atoms. The Balaban J connectivity index is 2.05. The van der Waals surface area contributed by atoms with E-state index >= 15 is 0 Å². The van der Waals surface area contributed by atoms with Gasteiger partial charge in [0.05, 0.1) is 6.04 Å². The minimum absolute atomic E-state index is 0.0783. The third-order valence-corrected chi connectivity index (χ3v) is 7.64. The van der Waals surface area contributed by atoms with Crippen LogP contribution in [0.4, 0.5) is 0 Å². The van der Waals surface area contributed by atoms with Crippen LogP contribution in [0.15, 0.2) is 0 Å². The van der Waals surface area contributed by atoms with Crippen molar-refractivity contribution in [1.82, 2.24) is 25.8 Å². The van der Waals surface area contributed by atoms with Gasteiger partial charge in [-0.15, -0.1) is 0 Å². The van der Waals surface area contributed by atoms with E-state index in [1.807, 2.05) is 0 Å². The molecular weight excluding hydrogens is 548 g/mol. The van der Waals surface area contributed by atoms with Gasteiger partial charge in [0, 0.05) is 24.6 Å². The molecule has 0 aliphatic carbocycles. The molecule has 5 amide bonds. The van der Waals surface area contributed by atoms with Crippen LogP contribution >= 0.6 is 25.3 Å². The number of carboxylic acids is 1. The number of thiol groups is 2. The van der Waals surface area contributed by atoms with Crippen molar-refractivity contribution < 1.29 is 33.9 Å². The van der Waals surface area contributed by atoms with Crippen molar-refractivity contribution in [3.05, 3.63) is 0 Å². The van der Waals surface area contributed by atoms with E-state index in [2.05, 4.69) is 41.2 Å². The van der Waals surface area contributed by atoms with Crippen LogP contribution in [0.1, 0.15) is 46.5 Å². The molecule has 6 N–H and O–H groups in total. The normalized spacial score (nSPS) is 22.1. The van der Waals surface area contributed by atoms with Gasteiger partial charge in [-0.3, -0.25) is 24.0 Å². The molecule has 0 spiro atoms. The van der Waals surface area contributed by atoms with Crippen LogP contribution in [0.25, 0.3) is 0 Å². The Morgan fingerprint density at radius 3 is 1.79 bits per heavy atom. The fraction of sp³-hybridized carbons (Fsp3) is 0.750. The average Bonchev–Trinajstić information content (AvgIpc) is 3.57. The van der Waals surface area contributed by atoms with Crippen molar-refractivity contribution in [2.75, 3.05) is 24.6 Å². The van der Waals surface area contributed by atoms with Crippen molar-refractivity contribution in [1.29, 1.82) is 0 Å². The SMILES string of the molecule is CC(C)[C@H](NC(=O)[C@H](CS)NC(=O)[C@H](CS)NC(=O)[C@@H]1CCCN1C(=O)[C@H](C)N)C(=O)N1CCC[C@H]1C(=O)O. The summed E-state index contributed by atoms with van der Waals surface area (Å²) in [4.78, 5) is 78.6. The summed E-state index contributed by atoms with van der Waals surface area (Å²) in [6.45, 7) is 5.64. The predicted molar refractivity (Wildman–Crippen MR) is 149 cm³/mol. The Morgan fingerprint density at radius 2 is 1.31 bits per heavy atom. The molecule has 0 unspecified atom stereocenters. The van der Waals surface area contributed by atoms with Crippen LogP contribution in [0, 0.1) is 5.92 Å². The molecule has 2 aliphatic rings. The van der Waals surface area contributed by atoms with Gasteiger partial charge in [-0.05, 0) is 38.5 Å². The van der Waals surface area contributed by atoms with Crippen molar-refractivity contribution in [2.24, 2.45) is 11.7 Å². The highest BCUT2D eigenvalue weighted by Gasteiger charge is 2.40. The van der Waals surface area contributed by atoms with Crippen LogP contribution in [0.5, 0.6) is 0 Å². The summed E-state index contributed by atoms with van der Waals surface area (Å²) in [7, 11) is 0. The molecule has 13 nitrogen and oxygen atoms in total. The second kappa shape index (κ2) is 14.7. The molecule has 2 saturated heterocycles. The quantitative estimate of drug-likeness (QED) is 0.132. The number of carboxylic acid groups (broad SMARTS) is 1. The van der Waals surface area contributed by atoms with Crippen LogP contribution in [0.3, 0.4) is 0 Å². The fourth-order valence-electron chi connectivity index (χ4n) is 4.73. The zero-order valence-corrected chi connectivity index (χ0v) is 24.3. The first-order valence-electron chi connectivity index (χ1n) is 13.1. The Labute approximate surface area is 239 Å². The summed E-state index contributed by atoms with van der Waals surface area (Å²) in [5.74, 6) is -4.39. The highest BCUT2D eigenvalue weighted by molar-refractivity contribution is 7.80. The molecule has 0 aromatic heterocycles. The van der Waals surface area contributed by atoms with Gasteiger partial charge in [-0.2, -0.15) is 25.3 Å². The fourth-order valence-corrected chi connectivity index (χ4v) is 5.24. The highest BCUT2D eigenvalue weighted by Crippen LogP contribution is 2.21. The van der Waals surface area contributed by atoms with Crippen molar-refractivity contribution in [3.63, 3.8) is 0 Å². The van der Waals surface area contributed by atoms with Crippen LogP contribution in [0.2, 0.25) is 0 Å². The molecule has 0 radical (unpaired) electrons. The van der Waals surface area contributed by atoms with E-state index < -0.39 is 65.8 Å². The zero-order chi connectivity index (χ0) is 29.4. The summed E-state index contributed by atoms with van der Waals surface area (Å²) in [5, 5.41) is 17.2. The lowest BCUT2D eigenvalue weighted by Crippen LogP contribution is -2.60. The molecule has 2 heterocycles. The maximum Gasteiger partial charge on any atom is 0.326 e. The minimum atomic E-state index is -1.15. The lowest BCUT2D eigenvalue weighted by Gasteiger charge is -2.31. The number of aliphatic carboxylic acids is 1. The largest absolute Gasteiger partial charge is 0.480 e. The first-order valence-corrected chi connectivity index (χ1v) is 14.3. The molecule has 0 aromatic carbocycles. The van der Waals surface area contributed by atoms with E-state index in [1.165, 1.54) is 16.7 Å². The summed E-state index contributed by atoms with van der Waals surface area (Å²) < 4.78 is 0. The van der Waals surface area contributed by atoms with Gasteiger partial charge in [-0.1, -0.05) is 13.8 Å². The number of nitrogens with zero attached hydrogens (tertiary/aromatic N) is 2. The smallest absolute Gasteiger partial charge is 0.326 e. The standard InChI is InChI=1S/C24H40N6O7S2/c1-12(2)18(23(35)30-9-5-7-17(30)24(36)37)28-20(32)15(11-39)26-19(31)14(10-38)27-21(33)16-6-4-8-29(16)22(34)13(3)25/h12-18,38-39H,4-11,25H2,1-3H3,(H,26,31)(H,27,33)(H,28,32)(H,36,37)/t13-,14-,15-,16-,17-,18-/m0/s1. The van der Waals surface area contributed by atoms with Crippen LogP contribution in [-0.4, -0.2) is 111 Å². The summed E-state index contributed by atoms with van der Waals surface area (Å²) in [6, 6.07) is -5.74. The number of carbonyl (C=O) groups excluding carboxylic acids is 5. The van der Waals surface area contributed by atoms with Gasteiger partial charge >= 0.3 is 5.97 Å². The summed E-state index contributed by atoms with van der Waals surface area (Å²) in [5.41, 5.74) is 5.69. The predicted octanol–water partition coefficient (Wildman–Crippen LogP) is -1.63. The van der Waals surface area contributed by atoms with E-state index in [0.29, 0.717) is 32.2 Å². The number of nitrogens with two attached hydrogens (primary N) is 1. The van der Waals surface area contributed by atoms with E-state index in [1.54, 1.807) is 13.8 Å². The second-order valence-electron chi connectivity index (χ2n) is 10.2. The molecule has 2 aliphatic heterocycles. The van der Waals surface area contributed by atoms with Gasteiger partial charge in [0.15, 0.2) is 0 Å². The highest BCUT2D eigenvalue weighted by atomic mass is 32.1. The molecule has 0 saturated carbocycles. The molecule has 0 aromatic rings. The van der Waals surface area contributed by atoms with Gasteiger partial charge < -0.3 is 36.6 Å². The van der Waals surface area contributed by atoms with Gasteiger partial charge in [0.2, 0.25) is 29.5 Å². The first-order chi connectivity index (χ1) is 18.3. The molecule has 39 heavy (non-hydrogen) atoms. The van der Waals surface area contributed by atoms with Gasteiger partial charge in [0.1, 0.15) is 30.2 Å². The maximum atomic E-state index is 13.1. The number of likely N-dealkylation sites (tertiary alicyclic amines) is 2. The topological polar surface area (TPSA) is 191 Å². The Hall–Kier alpha value is -2.52. The lowest BCUT2D eigenvalue weighted by molar-refractivity contribution is -0.150. The van der Waals surface area contributed by atoms with E-state index in [0.717, 1.165) is 0 Å². The number of carbonyl (C=O) groups is 6. The van der Waals surface area contributed by atoms with Crippen molar-refractivity contribution in [2.45, 2.75) is 82.7 Å². The number of rotatable bonds is 12. The molecule has 2 fully saturated rings. The molecule has 15 heteroatoms. The monoisotopic (exact) mass is 588 g/mol.